The fourth-order valence-electron chi connectivity index (χ4n) is 2.40. The second kappa shape index (κ2) is 8.13. The minimum absolute atomic E-state index is 0.0203. The van der Waals surface area contributed by atoms with Gasteiger partial charge in [-0.2, -0.15) is 16.3 Å². The molecule has 0 N–H and O–H groups in total. The highest BCUT2D eigenvalue weighted by Crippen LogP contribution is 2.20. The number of rotatable bonds is 7. The van der Waals surface area contributed by atoms with Crippen LogP contribution in [0.25, 0.3) is 22.8 Å². The lowest BCUT2D eigenvalue weighted by molar-refractivity contribution is -0.145. The quantitative estimate of drug-likeness (QED) is 0.429. The zero-order chi connectivity index (χ0) is 19.3. The van der Waals surface area contributed by atoms with Gasteiger partial charge in [-0.25, -0.2) is 9.37 Å². The number of benzene rings is 1. The van der Waals surface area contributed by atoms with E-state index in [0.717, 1.165) is 5.56 Å². The lowest BCUT2D eigenvalue weighted by atomic mass is 10.2. The van der Waals surface area contributed by atoms with Crippen molar-refractivity contribution < 1.29 is 22.9 Å². The van der Waals surface area contributed by atoms with Gasteiger partial charge in [0.25, 0.3) is 0 Å². The molecule has 0 aliphatic heterocycles. The fraction of sp³-hybridized carbons (Fsp3) is 0.158. The molecule has 28 heavy (non-hydrogen) atoms. The van der Waals surface area contributed by atoms with E-state index in [2.05, 4.69) is 15.1 Å². The highest BCUT2D eigenvalue weighted by Gasteiger charge is 2.13. The summed E-state index contributed by atoms with van der Waals surface area (Å²) >= 11 is 1.54. The molecule has 0 bridgehead atoms. The molecule has 0 aliphatic rings. The zero-order valence-corrected chi connectivity index (χ0v) is 15.3. The SMILES string of the molecule is O=C(CCc1nc(-c2ccsc2)no1)OCc1coc(-c2ccc(F)cc2)n1. The molecule has 0 radical (unpaired) electrons. The van der Waals surface area contributed by atoms with E-state index < -0.39 is 5.97 Å². The first-order valence-electron chi connectivity index (χ1n) is 8.38. The zero-order valence-electron chi connectivity index (χ0n) is 14.5. The molecular weight excluding hydrogens is 385 g/mol. The molecule has 7 nitrogen and oxygen atoms in total. The lowest BCUT2D eigenvalue weighted by Crippen LogP contribution is -2.06. The number of hydrogen-bond donors (Lipinski definition) is 0. The lowest BCUT2D eigenvalue weighted by Gasteiger charge is -2.00. The van der Waals surface area contributed by atoms with Crippen LogP contribution in [0.5, 0.6) is 0 Å². The predicted molar refractivity (Wildman–Crippen MR) is 97.6 cm³/mol. The summed E-state index contributed by atoms with van der Waals surface area (Å²) in [4.78, 5) is 20.4. The molecule has 0 amide bonds. The number of carbonyl (C=O) groups is 1. The third-order valence-electron chi connectivity index (χ3n) is 3.81. The number of nitrogens with zero attached hydrogens (tertiary/aromatic N) is 3. The molecule has 1 aromatic carbocycles. The second-order valence-corrected chi connectivity index (χ2v) is 6.62. The molecular formula is C19H14FN3O4S. The van der Waals surface area contributed by atoms with Crippen LogP contribution in [-0.4, -0.2) is 21.1 Å². The average Bonchev–Trinajstić information content (AvgIpc) is 3.46. The summed E-state index contributed by atoms with van der Waals surface area (Å²) in [5, 5.41) is 7.73. The number of aryl methyl sites for hydroxylation is 1. The van der Waals surface area contributed by atoms with Crippen molar-refractivity contribution in [2.45, 2.75) is 19.4 Å². The van der Waals surface area contributed by atoms with E-state index >= 15 is 0 Å². The molecule has 4 rings (SSSR count). The largest absolute Gasteiger partial charge is 0.459 e. The third kappa shape index (κ3) is 4.32. The number of thiophene rings is 1. The Morgan fingerprint density at radius 3 is 2.79 bits per heavy atom. The summed E-state index contributed by atoms with van der Waals surface area (Å²) in [7, 11) is 0. The van der Waals surface area contributed by atoms with Crippen LogP contribution in [0.4, 0.5) is 4.39 Å². The molecule has 3 aromatic heterocycles. The number of ether oxygens (including phenoxy) is 1. The summed E-state index contributed by atoms with van der Waals surface area (Å²) in [6.45, 7) is -0.0203. The minimum Gasteiger partial charge on any atom is -0.459 e. The van der Waals surface area contributed by atoms with Crippen molar-refractivity contribution in [3.8, 4) is 22.8 Å². The summed E-state index contributed by atoms with van der Waals surface area (Å²) in [6, 6.07) is 7.66. The molecule has 0 unspecified atom stereocenters. The Hall–Kier alpha value is -3.33. The first kappa shape index (κ1) is 18.1. The smallest absolute Gasteiger partial charge is 0.306 e. The first-order valence-corrected chi connectivity index (χ1v) is 9.33. The maximum Gasteiger partial charge on any atom is 0.306 e. The van der Waals surface area contributed by atoms with Crippen LogP contribution in [0.3, 0.4) is 0 Å². The van der Waals surface area contributed by atoms with Crippen LogP contribution < -0.4 is 0 Å². The van der Waals surface area contributed by atoms with Crippen LogP contribution in [-0.2, 0) is 22.6 Å². The summed E-state index contributed by atoms with van der Waals surface area (Å²) in [5.74, 6) is 0.450. The van der Waals surface area contributed by atoms with Gasteiger partial charge in [0.2, 0.25) is 17.6 Å². The molecule has 0 aliphatic carbocycles. The molecule has 0 fully saturated rings. The van der Waals surface area contributed by atoms with Crippen LogP contribution in [0.15, 0.2) is 56.3 Å². The first-order chi connectivity index (χ1) is 13.7. The van der Waals surface area contributed by atoms with Gasteiger partial charge in [-0.1, -0.05) is 5.16 Å². The van der Waals surface area contributed by atoms with Crippen molar-refractivity contribution in [2.24, 2.45) is 0 Å². The molecule has 0 atom stereocenters. The van der Waals surface area contributed by atoms with E-state index in [1.54, 1.807) is 23.5 Å². The van der Waals surface area contributed by atoms with Crippen LogP contribution in [0.2, 0.25) is 0 Å². The molecule has 3 heterocycles. The van der Waals surface area contributed by atoms with Crippen molar-refractivity contribution in [1.29, 1.82) is 0 Å². The Balaban J connectivity index is 1.26. The van der Waals surface area contributed by atoms with Gasteiger partial charge < -0.3 is 13.7 Å². The normalized spacial score (nSPS) is 10.9. The maximum absolute atomic E-state index is 13.0. The van der Waals surface area contributed by atoms with Crippen molar-refractivity contribution in [3.05, 3.63) is 64.8 Å². The van der Waals surface area contributed by atoms with E-state index in [1.165, 1.54) is 18.4 Å². The van der Waals surface area contributed by atoms with E-state index in [4.69, 9.17) is 13.7 Å². The Bertz CT molecular complexity index is 1060. The van der Waals surface area contributed by atoms with E-state index in [9.17, 15) is 9.18 Å². The van der Waals surface area contributed by atoms with Gasteiger partial charge in [0.1, 0.15) is 24.4 Å². The number of halogens is 1. The van der Waals surface area contributed by atoms with Gasteiger partial charge >= 0.3 is 5.97 Å². The Kier molecular flexibility index (Phi) is 5.24. The second-order valence-electron chi connectivity index (χ2n) is 5.84. The van der Waals surface area contributed by atoms with E-state index in [0.29, 0.717) is 28.9 Å². The van der Waals surface area contributed by atoms with Crippen LogP contribution in [0, 0.1) is 5.82 Å². The van der Waals surface area contributed by atoms with Gasteiger partial charge in [0.05, 0.1) is 6.42 Å². The van der Waals surface area contributed by atoms with Crippen molar-refractivity contribution in [1.82, 2.24) is 15.1 Å². The number of oxazole rings is 1. The minimum atomic E-state index is -0.415. The van der Waals surface area contributed by atoms with Crippen molar-refractivity contribution in [3.63, 3.8) is 0 Å². The third-order valence-corrected chi connectivity index (χ3v) is 4.50. The number of carbonyl (C=O) groups excluding carboxylic acids is 1. The van der Waals surface area contributed by atoms with E-state index in [-0.39, 0.29) is 25.3 Å². The molecule has 0 saturated carbocycles. The standard InChI is InChI=1S/C19H14FN3O4S/c20-14-3-1-12(2-4-14)19-21-15(10-26-19)9-25-17(24)6-5-16-22-18(23-27-16)13-7-8-28-11-13/h1-4,7-8,10-11H,5-6,9H2. The monoisotopic (exact) mass is 399 g/mol. The number of hydrogen-bond acceptors (Lipinski definition) is 8. The highest BCUT2D eigenvalue weighted by molar-refractivity contribution is 7.08. The molecule has 9 heteroatoms. The Morgan fingerprint density at radius 1 is 1.14 bits per heavy atom. The highest BCUT2D eigenvalue weighted by atomic mass is 32.1. The number of aromatic nitrogens is 3. The summed E-state index contributed by atoms with van der Waals surface area (Å²) in [5.41, 5.74) is 1.98. The Morgan fingerprint density at radius 2 is 2.00 bits per heavy atom. The Labute approximate surface area is 162 Å². The number of esters is 1. The maximum atomic E-state index is 13.0. The molecule has 0 spiro atoms. The van der Waals surface area contributed by atoms with Crippen molar-refractivity contribution in [2.75, 3.05) is 0 Å². The predicted octanol–water partition coefficient (Wildman–Crippen LogP) is 4.27. The topological polar surface area (TPSA) is 91.2 Å². The fourth-order valence-corrected chi connectivity index (χ4v) is 3.03. The van der Waals surface area contributed by atoms with Crippen molar-refractivity contribution >= 4 is 17.3 Å². The average molecular weight is 399 g/mol. The van der Waals surface area contributed by atoms with Crippen LogP contribution in [0.1, 0.15) is 18.0 Å². The van der Waals surface area contributed by atoms with Gasteiger partial charge in [-0.3, -0.25) is 4.79 Å². The summed E-state index contributed by atoms with van der Waals surface area (Å²) in [6.07, 6.45) is 1.79. The van der Waals surface area contributed by atoms with Gasteiger partial charge in [0, 0.05) is 22.9 Å². The van der Waals surface area contributed by atoms with Crippen LogP contribution >= 0.6 is 11.3 Å². The van der Waals surface area contributed by atoms with Gasteiger partial charge in [-0.15, -0.1) is 0 Å². The molecule has 0 saturated heterocycles. The van der Waals surface area contributed by atoms with Gasteiger partial charge in [-0.05, 0) is 35.7 Å². The molecule has 4 aromatic rings. The van der Waals surface area contributed by atoms with E-state index in [1.807, 2.05) is 16.8 Å². The van der Waals surface area contributed by atoms with Gasteiger partial charge in [0.15, 0.2) is 0 Å². The summed E-state index contributed by atoms with van der Waals surface area (Å²) < 4.78 is 28.6. The molecule has 142 valence electrons.